The number of carbonyl (C=O) groups is 2. The quantitative estimate of drug-likeness (QED) is 0.886. The highest BCUT2D eigenvalue weighted by Crippen LogP contribution is 2.35. The molecule has 0 aromatic carbocycles. The van der Waals surface area contributed by atoms with Crippen molar-refractivity contribution in [3.63, 3.8) is 0 Å². The Balaban J connectivity index is 1.74. The predicted molar refractivity (Wildman–Crippen MR) is 90.7 cm³/mol. The van der Waals surface area contributed by atoms with Crippen LogP contribution in [0.15, 0.2) is 18.5 Å². The fraction of sp³-hybridized carbons (Fsp3) is 0.471. The lowest BCUT2D eigenvalue weighted by atomic mass is 9.99. The molecule has 0 radical (unpaired) electrons. The van der Waals surface area contributed by atoms with E-state index < -0.39 is 0 Å². The summed E-state index contributed by atoms with van der Waals surface area (Å²) < 4.78 is 1.91. The summed E-state index contributed by atoms with van der Waals surface area (Å²) in [7, 11) is 3.68. The summed E-state index contributed by atoms with van der Waals surface area (Å²) in [4.78, 5) is 39.0. The van der Waals surface area contributed by atoms with Gasteiger partial charge in [0.15, 0.2) is 0 Å². The van der Waals surface area contributed by atoms with Crippen molar-refractivity contribution >= 4 is 11.8 Å². The maximum absolute atomic E-state index is 12.4. The topological polar surface area (TPSA) is 93.0 Å². The summed E-state index contributed by atoms with van der Waals surface area (Å²) in [6, 6.07) is 1.51. The summed E-state index contributed by atoms with van der Waals surface area (Å²) in [6.07, 6.45) is 3.96. The molecule has 0 unspecified atom stereocenters. The highest BCUT2D eigenvalue weighted by Gasteiger charge is 2.40. The number of likely N-dealkylation sites (tertiary alicyclic amines) is 1. The van der Waals surface area contributed by atoms with Gasteiger partial charge in [-0.05, 0) is 19.9 Å². The molecule has 2 aromatic rings. The lowest BCUT2D eigenvalue weighted by Gasteiger charge is -2.24. The Kier molecular flexibility index (Phi) is 4.52. The SMILES string of the molecule is Cc1cc(C(=O)NC[C@@H]2CC(=O)N(C)[C@H]2c2nccn2C)nc(C)n1. The third-order valence-electron chi connectivity index (χ3n) is 4.54. The van der Waals surface area contributed by atoms with Gasteiger partial charge in [-0.25, -0.2) is 15.0 Å². The number of rotatable bonds is 4. The van der Waals surface area contributed by atoms with Crippen LogP contribution in [-0.4, -0.2) is 49.8 Å². The molecular weight excluding hydrogens is 320 g/mol. The van der Waals surface area contributed by atoms with Crippen molar-refractivity contribution in [3.8, 4) is 0 Å². The molecule has 2 aromatic heterocycles. The van der Waals surface area contributed by atoms with Gasteiger partial charge in [-0.2, -0.15) is 0 Å². The summed E-state index contributed by atoms with van der Waals surface area (Å²) in [6.45, 7) is 3.97. The van der Waals surface area contributed by atoms with E-state index in [1.165, 1.54) is 0 Å². The second-order valence-electron chi connectivity index (χ2n) is 6.46. The molecule has 132 valence electrons. The van der Waals surface area contributed by atoms with Gasteiger partial charge in [0.05, 0.1) is 6.04 Å². The van der Waals surface area contributed by atoms with Crippen LogP contribution in [0, 0.1) is 19.8 Å². The molecule has 3 heterocycles. The molecule has 3 rings (SSSR count). The smallest absolute Gasteiger partial charge is 0.270 e. The van der Waals surface area contributed by atoms with Crippen molar-refractivity contribution in [1.29, 1.82) is 0 Å². The van der Waals surface area contributed by atoms with E-state index in [4.69, 9.17) is 0 Å². The Morgan fingerprint density at radius 2 is 2.08 bits per heavy atom. The summed E-state index contributed by atoms with van der Waals surface area (Å²) in [5.74, 6) is 1.15. The normalized spacial score (nSPS) is 20.2. The van der Waals surface area contributed by atoms with Crippen molar-refractivity contribution in [2.75, 3.05) is 13.6 Å². The van der Waals surface area contributed by atoms with Crippen LogP contribution in [0.3, 0.4) is 0 Å². The highest BCUT2D eigenvalue weighted by molar-refractivity contribution is 5.92. The van der Waals surface area contributed by atoms with Gasteiger partial charge in [-0.15, -0.1) is 0 Å². The average molecular weight is 342 g/mol. The maximum atomic E-state index is 12.4. The number of nitrogens with one attached hydrogen (secondary N) is 1. The molecule has 2 atom stereocenters. The monoisotopic (exact) mass is 342 g/mol. The molecule has 1 aliphatic heterocycles. The summed E-state index contributed by atoms with van der Waals surface area (Å²) >= 11 is 0. The van der Waals surface area contributed by atoms with Crippen LogP contribution in [0.4, 0.5) is 0 Å². The minimum absolute atomic E-state index is 0.0356. The number of nitrogens with zero attached hydrogens (tertiary/aromatic N) is 5. The predicted octanol–water partition coefficient (Wildman–Crippen LogP) is 0.776. The van der Waals surface area contributed by atoms with Gasteiger partial charge in [0.1, 0.15) is 17.3 Å². The van der Waals surface area contributed by atoms with E-state index in [1.54, 1.807) is 31.1 Å². The second kappa shape index (κ2) is 6.62. The van der Waals surface area contributed by atoms with Gasteiger partial charge in [0.2, 0.25) is 5.91 Å². The largest absolute Gasteiger partial charge is 0.350 e. The third kappa shape index (κ3) is 3.38. The van der Waals surface area contributed by atoms with E-state index in [0.717, 1.165) is 11.5 Å². The number of aromatic nitrogens is 4. The van der Waals surface area contributed by atoms with E-state index >= 15 is 0 Å². The average Bonchev–Trinajstić information content (AvgIpc) is 3.07. The molecule has 2 amide bonds. The molecule has 1 aliphatic rings. The Hall–Kier alpha value is -2.77. The molecule has 0 aliphatic carbocycles. The summed E-state index contributed by atoms with van der Waals surface area (Å²) in [5, 5.41) is 2.90. The molecule has 1 fully saturated rings. The Morgan fingerprint density at radius 3 is 2.72 bits per heavy atom. The van der Waals surface area contributed by atoms with Gasteiger partial charge >= 0.3 is 0 Å². The maximum Gasteiger partial charge on any atom is 0.270 e. The first-order valence-corrected chi connectivity index (χ1v) is 8.20. The third-order valence-corrected chi connectivity index (χ3v) is 4.54. The van der Waals surface area contributed by atoms with Gasteiger partial charge in [0, 0.05) is 51.1 Å². The highest BCUT2D eigenvalue weighted by atomic mass is 16.2. The van der Waals surface area contributed by atoms with E-state index in [2.05, 4.69) is 20.3 Å². The zero-order valence-electron chi connectivity index (χ0n) is 14.9. The first-order chi connectivity index (χ1) is 11.9. The number of aryl methyl sites for hydroxylation is 3. The minimum atomic E-state index is -0.255. The van der Waals surface area contributed by atoms with Gasteiger partial charge < -0.3 is 14.8 Å². The summed E-state index contributed by atoms with van der Waals surface area (Å²) in [5.41, 5.74) is 1.09. The van der Waals surface area contributed by atoms with Crippen LogP contribution < -0.4 is 5.32 Å². The zero-order valence-corrected chi connectivity index (χ0v) is 14.9. The second-order valence-corrected chi connectivity index (χ2v) is 6.46. The van der Waals surface area contributed by atoms with E-state index in [1.807, 2.05) is 24.7 Å². The zero-order chi connectivity index (χ0) is 18.1. The van der Waals surface area contributed by atoms with Crippen LogP contribution >= 0.6 is 0 Å². The standard InChI is InChI=1S/C17H22N6O2/c1-10-7-13(21-11(2)20-10)17(25)19-9-12-8-14(24)23(4)15(12)16-18-5-6-22(16)3/h5-7,12,15H,8-9H2,1-4H3,(H,19,25)/t12-,15+/m0/s1. The Morgan fingerprint density at radius 1 is 1.32 bits per heavy atom. The molecule has 0 bridgehead atoms. The van der Waals surface area contributed by atoms with E-state index in [9.17, 15) is 9.59 Å². The number of carbonyl (C=O) groups excluding carboxylic acids is 2. The van der Waals surface area contributed by atoms with Gasteiger partial charge in [-0.1, -0.05) is 0 Å². The Labute approximate surface area is 146 Å². The molecule has 1 saturated heterocycles. The number of hydrogen-bond donors (Lipinski definition) is 1. The van der Waals surface area contributed by atoms with Gasteiger partial charge in [0.25, 0.3) is 5.91 Å². The van der Waals surface area contributed by atoms with Crippen molar-refractivity contribution < 1.29 is 9.59 Å². The number of hydrogen-bond acceptors (Lipinski definition) is 5. The lowest BCUT2D eigenvalue weighted by molar-refractivity contribution is -0.127. The molecule has 1 N–H and O–H groups in total. The molecule has 25 heavy (non-hydrogen) atoms. The molecular formula is C17H22N6O2. The van der Waals surface area contributed by atoms with Crippen LogP contribution in [0.5, 0.6) is 0 Å². The fourth-order valence-corrected chi connectivity index (χ4v) is 3.33. The number of imidazole rings is 1. The number of amides is 2. The van der Waals surface area contributed by atoms with E-state index in [0.29, 0.717) is 24.5 Å². The van der Waals surface area contributed by atoms with Crippen molar-refractivity contribution in [1.82, 2.24) is 29.7 Å². The van der Waals surface area contributed by atoms with Crippen LogP contribution in [0.2, 0.25) is 0 Å². The van der Waals surface area contributed by atoms with Crippen LogP contribution in [0.1, 0.15) is 40.3 Å². The fourth-order valence-electron chi connectivity index (χ4n) is 3.33. The lowest BCUT2D eigenvalue weighted by Crippen LogP contribution is -2.34. The van der Waals surface area contributed by atoms with Crippen LogP contribution in [-0.2, 0) is 11.8 Å². The molecule has 8 nitrogen and oxygen atoms in total. The molecule has 0 spiro atoms. The molecule has 8 heteroatoms. The van der Waals surface area contributed by atoms with Crippen molar-refractivity contribution in [2.45, 2.75) is 26.3 Å². The minimum Gasteiger partial charge on any atom is -0.350 e. The Bertz CT molecular complexity index is 795. The van der Waals surface area contributed by atoms with Gasteiger partial charge in [-0.3, -0.25) is 9.59 Å². The first-order valence-electron chi connectivity index (χ1n) is 8.20. The molecule has 0 saturated carbocycles. The van der Waals surface area contributed by atoms with Crippen molar-refractivity contribution in [2.24, 2.45) is 13.0 Å². The first kappa shape index (κ1) is 17.1. The van der Waals surface area contributed by atoms with Crippen LogP contribution in [0.25, 0.3) is 0 Å². The van der Waals surface area contributed by atoms with E-state index in [-0.39, 0.29) is 23.8 Å². The van der Waals surface area contributed by atoms with Crippen molar-refractivity contribution in [3.05, 3.63) is 41.5 Å².